The molecule has 3 heteroatoms. The van der Waals surface area contributed by atoms with Crippen LogP contribution < -0.4 is 11.1 Å². The van der Waals surface area contributed by atoms with Crippen molar-refractivity contribution in [3.05, 3.63) is 35.9 Å². The molecule has 0 aromatic heterocycles. The zero-order valence-corrected chi connectivity index (χ0v) is 8.65. The second-order valence-electron chi connectivity index (χ2n) is 3.98. The fraction of sp³-hybridized carbons (Fsp3) is 0.417. The van der Waals surface area contributed by atoms with Crippen LogP contribution in [0.2, 0.25) is 0 Å². The van der Waals surface area contributed by atoms with Crippen molar-refractivity contribution in [2.24, 2.45) is 11.7 Å². The van der Waals surface area contributed by atoms with Crippen molar-refractivity contribution in [3.8, 4) is 0 Å². The Bertz CT molecular complexity index is 333. The Morgan fingerprint density at radius 3 is 2.60 bits per heavy atom. The minimum Gasteiger partial charge on any atom is -0.348 e. The molecule has 1 unspecified atom stereocenters. The summed E-state index contributed by atoms with van der Waals surface area (Å²) in [6.07, 6.45) is 2.05. The lowest BCUT2D eigenvalue weighted by atomic mass is 10.1. The molecule has 1 aliphatic rings. The molecule has 1 fully saturated rings. The van der Waals surface area contributed by atoms with Gasteiger partial charge in [-0.25, -0.2) is 0 Å². The van der Waals surface area contributed by atoms with E-state index in [1.54, 1.807) is 0 Å². The van der Waals surface area contributed by atoms with Gasteiger partial charge in [0.2, 0.25) is 5.91 Å². The van der Waals surface area contributed by atoms with Crippen LogP contribution in [0.1, 0.15) is 24.4 Å². The van der Waals surface area contributed by atoms with E-state index in [4.69, 9.17) is 5.73 Å². The Morgan fingerprint density at radius 1 is 1.40 bits per heavy atom. The molecule has 0 spiro atoms. The van der Waals surface area contributed by atoms with Gasteiger partial charge in [-0.05, 0) is 18.4 Å². The van der Waals surface area contributed by atoms with Gasteiger partial charge in [0.1, 0.15) is 0 Å². The zero-order chi connectivity index (χ0) is 10.7. The van der Waals surface area contributed by atoms with Gasteiger partial charge in [-0.1, -0.05) is 30.3 Å². The number of rotatable bonds is 4. The molecule has 80 valence electrons. The summed E-state index contributed by atoms with van der Waals surface area (Å²) in [4.78, 5) is 11.6. The van der Waals surface area contributed by atoms with Gasteiger partial charge in [0.15, 0.2) is 0 Å². The third-order valence-electron chi connectivity index (χ3n) is 2.70. The second kappa shape index (κ2) is 4.45. The van der Waals surface area contributed by atoms with Gasteiger partial charge in [0.25, 0.3) is 0 Å². The van der Waals surface area contributed by atoms with E-state index in [1.165, 1.54) is 0 Å². The van der Waals surface area contributed by atoms with E-state index in [-0.39, 0.29) is 17.9 Å². The molecule has 0 heterocycles. The third-order valence-corrected chi connectivity index (χ3v) is 2.70. The Balaban J connectivity index is 2.00. The molecule has 3 N–H and O–H groups in total. The van der Waals surface area contributed by atoms with Crippen LogP contribution in [0.4, 0.5) is 0 Å². The lowest BCUT2D eigenvalue weighted by molar-refractivity contribution is -0.123. The monoisotopic (exact) mass is 204 g/mol. The normalized spacial score (nSPS) is 17.1. The Morgan fingerprint density at radius 2 is 2.07 bits per heavy atom. The quantitative estimate of drug-likeness (QED) is 0.774. The summed E-state index contributed by atoms with van der Waals surface area (Å²) >= 11 is 0. The predicted molar refractivity (Wildman–Crippen MR) is 59.1 cm³/mol. The van der Waals surface area contributed by atoms with Crippen LogP contribution in [0.3, 0.4) is 0 Å². The van der Waals surface area contributed by atoms with Crippen molar-refractivity contribution in [1.82, 2.24) is 5.32 Å². The topological polar surface area (TPSA) is 55.1 Å². The van der Waals surface area contributed by atoms with Crippen LogP contribution >= 0.6 is 0 Å². The summed E-state index contributed by atoms with van der Waals surface area (Å²) in [7, 11) is 0. The van der Waals surface area contributed by atoms with Gasteiger partial charge in [-0.3, -0.25) is 4.79 Å². The van der Waals surface area contributed by atoms with Crippen molar-refractivity contribution >= 4 is 5.91 Å². The first-order valence-corrected chi connectivity index (χ1v) is 5.36. The average molecular weight is 204 g/mol. The lowest BCUT2D eigenvalue weighted by Crippen LogP contribution is -2.34. The van der Waals surface area contributed by atoms with Gasteiger partial charge in [-0.15, -0.1) is 0 Å². The SMILES string of the molecule is NCC(NC(=O)C1CC1)c1ccccc1. The fourth-order valence-corrected chi connectivity index (χ4v) is 1.60. The summed E-state index contributed by atoms with van der Waals surface area (Å²) < 4.78 is 0. The molecule has 3 nitrogen and oxygen atoms in total. The molecule has 0 bridgehead atoms. The van der Waals surface area contributed by atoms with Crippen LogP contribution in [-0.2, 0) is 4.79 Å². The molecule has 0 radical (unpaired) electrons. The van der Waals surface area contributed by atoms with Gasteiger partial charge < -0.3 is 11.1 Å². The molecule has 15 heavy (non-hydrogen) atoms. The van der Waals surface area contributed by atoms with Crippen LogP contribution in [0.15, 0.2) is 30.3 Å². The third kappa shape index (κ3) is 2.57. The Labute approximate surface area is 89.7 Å². The van der Waals surface area contributed by atoms with E-state index >= 15 is 0 Å². The molecule has 2 rings (SSSR count). The summed E-state index contributed by atoms with van der Waals surface area (Å²) in [6.45, 7) is 0.447. The van der Waals surface area contributed by atoms with Crippen LogP contribution in [0.5, 0.6) is 0 Å². The molecular weight excluding hydrogens is 188 g/mol. The van der Waals surface area contributed by atoms with Crippen molar-refractivity contribution in [2.45, 2.75) is 18.9 Å². The van der Waals surface area contributed by atoms with Crippen LogP contribution in [0, 0.1) is 5.92 Å². The number of hydrogen-bond donors (Lipinski definition) is 2. The first-order chi connectivity index (χ1) is 7.31. The summed E-state index contributed by atoms with van der Waals surface area (Å²) in [5.74, 6) is 0.386. The largest absolute Gasteiger partial charge is 0.348 e. The highest BCUT2D eigenvalue weighted by Gasteiger charge is 2.30. The molecule has 1 amide bonds. The first-order valence-electron chi connectivity index (χ1n) is 5.36. The summed E-state index contributed by atoms with van der Waals surface area (Å²) in [6, 6.07) is 9.82. The Hall–Kier alpha value is -1.35. The Kier molecular flexibility index (Phi) is 3.02. The minimum atomic E-state index is -0.0423. The van der Waals surface area contributed by atoms with Crippen molar-refractivity contribution in [1.29, 1.82) is 0 Å². The number of carbonyl (C=O) groups excluding carboxylic acids is 1. The first kappa shape index (κ1) is 10.2. The van der Waals surface area contributed by atoms with Gasteiger partial charge in [-0.2, -0.15) is 0 Å². The summed E-state index contributed by atoms with van der Waals surface area (Å²) in [5.41, 5.74) is 6.74. The van der Waals surface area contributed by atoms with Crippen LogP contribution in [0.25, 0.3) is 0 Å². The van der Waals surface area contributed by atoms with Crippen LogP contribution in [-0.4, -0.2) is 12.5 Å². The van der Waals surface area contributed by atoms with E-state index in [0.29, 0.717) is 6.54 Å². The zero-order valence-electron chi connectivity index (χ0n) is 8.65. The number of carbonyl (C=O) groups is 1. The van der Waals surface area contributed by atoms with E-state index in [1.807, 2.05) is 30.3 Å². The highest BCUT2D eigenvalue weighted by atomic mass is 16.2. The van der Waals surface area contributed by atoms with Crippen molar-refractivity contribution in [3.63, 3.8) is 0 Å². The van der Waals surface area contributed by atoms with Gasteiger partial charge in [0.05, 0.1) is 6.04 Å². The number of hydrogen-bond acceptors (Lipinski definition) is 2. The standard InChI is InChI=1S/C12H16N2O/c13-8-11(9-4-2-1-3-5-9)14-12(15)10-6-7-10/h1-5,10-11H,6-8,13H2,(H,14,15). The van der Waals surface area contributed by atoms with Crippen molar-refractivity contribution in [2.75, 3.05) is 6.54 Å². The highest BCUT2D eigenvalue weighted by Crippen LogP contribution is 2.29. The van der Waals surface area contributed by atoms with Gasteiger partial charge >= 0.3 is 0 Å². The molecule has 0 aliphatic heterocycles. The van der Waals surface area contributed by atoms with Gasteiger partial charge in [0, 0.05) is 12.5 Å². The van der Waals surface area contributed by atoms with E-state index in [0.717, 1.165) is 18.4 Å². The van der Waals surface area contributed by atoms with E-state index in [2.05, 4.69) is 5.32 Å². The molecule has 1 atom stereocenters. The molecular formula is C12H16N2O. The maximum absolute atomic E-state index is 11.6. The molecule has 0 saturated heterocycles. The summed E-state index contributed by atoms with van der Waals surface area (Å²) in [5, 5.41) is 2.98. The number of amides is 1. The minimum absolute atomic E-state index is 0.0423. The number of nitrogens with one attached hydrogen (secondary N) is 1. The molecule has 1 aromatic carbocycles. The fourth-order valence-electron chi connectivity index (χ4n) is 1.60. The van der Waals surface area contributed by atoms with E-state index in [9.17, 15) is 4.79 Å². The number of benzene rings is 1. The predicted octanol–water partition coefficient (Wildman–Crippen LogP) is 1.21. The molecule has 1 aliphatic carbocycles. The highest BCUT2D eigenvalue weighted by molar-refractivity contribution is 5.81. The maximum Gasteiger partial charge on any atom is 0.223 e. The van der Waals surface area contributed by atoms with Crippen molar-refractivity contribution < 1.29 is 4.79 Å². The average Bonchev–Trinajstić information content (AvgIpc) is 3.10. The molecule has 1 saturated carbocycles. The lowest BCUT2D eigenvalue weighted by Gasteiger charge is -2.16. The number of nitrogens with two attached hydrogens (primary N) is 1. The maximum atomic E-state index is 11.6. The molecule has 1 aromatic rings. The smallest absolute Gasteiger partial charge is 0.223 e. The van der Waals surface area contributed by atoms with E-state index < -0.39 is 0 Å². The second-order valence-corrected chi connectivity index (χ2v) is 3.98.